The quantitative estimate of drug-likeness (QED) is 0.115. The van der Waals surface area contributed by atoms with Crippen molar-refractivity contribution in [2.75, 3.05) is 0 Å². The number of fused-ring (bicyclic) bond motifs is 4. The average Bonchev–Trinajstić information content (AvgIpc) is 3.15. The second kappa shape index (κ2) is 39.0. The van der Waals surface area contributed by atoms with Crippen molar-refractivity contribution in [3.63, 3.8) is 0 Å². The molecular formula is C82H80Cl2Si3Zr2. The first kappa shape index (κ1) is 75.1. The summed E-state index contributed by atoms with van der Waals surface area (Å²) in [5.74, 6) is 0. The van der Waals surface area contributed by atoms with Crippen LogP contribution in [0.25, 0.3) is 43.1 Å². The monoisotopic (exact) mass is 1400 g/mol. The van der Waals surface area contributed by atoms with E-state index >= 15 is 0 Å². The van der Waals surface area contributed by atoms with Gasteiger partial charge < -0.3 is 24.8 Å². The predicted molar refractivity (Wildman–Crippen MR) is 382 cm³/mol. The Morgan fingerprint density at radius 3 is 0.618 bits per heavy atom. The Balaban J connectivity index is 0.000000221. The number of halogens is 2. The van der Waals surface area contributed by atoms with Crippen molar-refractivity contribution in [3.8, 4) is 0 Å². The summed E-state index contributed by atoms with van der Waals surface area (Å²) < 4.78 is 0. The fraction of sp³-hybridized carbons (Fsp3) is 0.122. The van der Waals surface area contributed by atoms with Crippen LogP contribution in [-0.2, 0) is 52.4 Å². The van der Waals surface area contributed by atoms with Gasteiger partial charge in [0.1, 0.15) is 27.1 Å². The topological polar surface area (TPSA) is 0 Å². The molecule has 7 heteroatoms. The van der Waals surface area contributed by atoms with Crippen LogP contribution in [0.2, 0.25) is 13.1 Å². The van der Waals surface area contributed by atoms with Crippen LogP contribution in [0.4, 0.5) is 0 Å². The van der Waals surface area contributed by atoms with Crippen molar-refractivity contribution >= 4 is 101 Å². The van der Waals surface area contributed by atoms with E-state index in [1.807, 2.05) is 0 Å². The van der Waals surface area contributed by atoms with Crippen molar-refractivity contribution in [2.45, 2.75) is 68.5 Å². The van der Waals surface area contributed by atoms with Gasteiger partial charge in [-0.2, -0.15) is 48.5 Å². The molecule has 89 heavy (non-hydrogen) atoms. The van der Waals surface area contributed by atoms with Gasteiger partial charge in [0.15, 0.2) is 0 Å². The summed E-state index contributed by atoms with van der Waals surface area (Å²) in [7, 11) is -0.313. The van der Waals surface area contributed by atoms with E-state index in [4.69, 9.17) is 0 Å². The molecule has 14 rings (SSSR count). The van der Waals surface area contributed by atoms with E-state index in [0.717, 1.165) is 9.52 Å². The second-order valence-electron chi connectivity index (χ2n) is 21.8. The SMILES string of the molecule is C[Si](c1ccccc1)c1ccccc1.C[Si](c1ccccc1)c1ccccc1.Cc1ccc(C)c2[cH-]ccc12.Cc1ccc(C)c2[cH-]ccc12.Cc1ccc(C)c2[cH-]ccc12.Cc1ccc(C)c2[cH-]ccc12.[Cl-].[Cl-].[Zr+2].[Zr+4].c1ccc([Si]c2ccccc2)cc1. The van der Waals surface area contributed by atoms with Gasteiger partial charge in [0, 0.05) is 0 Å². The molecule has 4 radical (unpaired) electrons. The Kier molecular flexibility index (Phi) is 32.9. The van der Waals surface area contributed by atoms with Crippen LogP contribution >= 0.6 is 0 Å². The van der Waals surface area contributed by atoms with Crippen LogP contribution < -0.4 is 55.9 Å². The molecular weight excluding hydrogens is 1320 g/mol. The van der Waals surface area contributed by atoms with Crippen molar-refractivity contribution in [1.29, 1.82) is 0 Å². The molecule has 0 bridgehead atoms. The Morgan fingerprint density at radius 2 is 0.427 bits per heavy atom. The fourth-order valence-electron chi connectivity index (χ4n) is 10.4. The molecule has 0 aliphatic rings. The zero-order valence-corrected chi connectivity index (χ0v) is 62.6. The minimum absolute atomic E-state index is 0. The van der Waals surface area contributed by atoms with E-state index in [1.54, 1.807) is 0 Å². The molecule has 0 amide bonds. The Bertz CT molecular complexity index is 3560. The van der Waals surface area contributed by atoms with Crippen LogP contribution in [0.5, 0.6) is 0 Å². The van der Waals surface area contributed by atoms with E-state index in [1.165, 1.54) is 119 Å². The van der Waals surface area contributed by atoms with E-state index in [0.29, 0.717) is 0 Å². The minimum atomic E-state index is -0.545. The third-order valence-corrected chi connectivity index (χ3v) is 21.7. The average molecular weight is 1400 g/mol. The molecule has 0 unspecified atom stereocenters. The molecule has 0 heterocycles. The second-order valence-corrected chi connectivity index (χ2v) is 28.0. The van der Waals surface area contributed by atoms with Gasteiger partial charge in [-0.05, 0) is 27.7 Å². The summed E-state index contributed by atoms with van der Waals surface area (Å²) in [6.45, 7) is 21.9. The molecule has 0 fully saturated rings. The van der Waals surface area contributed by atoms with E-state index < -0.39 is 17.6 Å². The van der Waals surface area contributed by atoms with Gasteiger partial charge in [0.25, 0.3) is 0 Å². The van der Waals surface area contributed by atoms with Gasteiger partial charge in [0.05, 0.1) is 0 Å². The van der Waals surface area contributed by atoms with Crippen LogP contribution in [0.3, 0.4) is 0 Å². The van der Waals surface area contributed by atoms with Gasteiger partial charge in [0.2, 0.25) is 0 Å². The molecule has 0 aromatic heterocycles. The molecule has 442 valence electrons. The number of rotatable bonds is 6. The molecule has 0 aliphatic heterocycles. The van der Waals surface area contributed by atoms with Crippen LogP contribution in [-0.4, -0.2) is 27.1 Å². The van der Waals surface area contributed by atoms with E-state index in [-0.39, 0.29) is 77.2 Å². The van der Waals surface area contributed by atoms with Crippen LogP contribution in [0.15, 0.2) is 303 Å². The maximum absolute atomic E-state index is 2.34. The zero-order chi connectivity index (χ0) is 59.9. The van der Waals surface area contributed by atoms with Gasteiger partial charge in [-0.3, -0.25) is 0 Å². The third kappa shape index (κ3) is 21.9. The fourth-order valence-corrected chi connectivity index (χ4v) is 14.9. The summed E-state index contributed by atoms with van der Waals surface area (Å²) in [6, 6.07) is 107. The molecule has 0 nitrogen and oxygen atoms in total. The van der Waals surface area contributed by atoms with Gasteiger partial charge in [-0.15, -0.1) is 114 Å². The first-order valence-electron chi connectivity index (χ1n) is 29.6. The van der Waals surface area contributed by atoms with Crippen molar-refractivity contribution in [2.24, 2.45) is 0 Å². The number of benzene rings is 10. The summed E-state index contributed by atoms with van der Waals surface area (Å²) in [5, 5.41) is 19.8. The first-order valence-corrected chi connectivity index (χ1v) is 34.6. The van der Waals surface area contributed by atoms with Gasteiger partial charge >= 0.3 is 52.4 Å². The molecule has 0 aliphatic carbocycles. The molecule has 0 spiro atoms. The molecule has 0 N–H and O–H groups in total. The molecule has 14 aromatic carbocycles. The maximum atomic E-state index is 2.34. The van der Waals surface area contributed by atoms with Gasteiger partial charge in [-0.1, -0.05) is 300 Å². The number of hydrogen-bond donors (Lipinski definition) is 0. The Labute approximate surface area is 589 Å². The summed E-state index contributed by atoms with van der Waals surface area (Å²) in [6.07, 6.45) is 0. The normalized spacial score (nSPS) is 10.0. The van der Waals surface area contributed by atoms with Gasteiger partial charge in [-0.25, -0.2) is 0 Å². The van der Waals surface area contributed by atoms with Crippen molar-refractivity contribution in [1.82, 2.24) is 0 Å². The van der Waals surface area contributed by atoms with E-state index in [2.05, 4.69) is 372 Å². The molecule has 0 saturated carbocycles. The van der Waals surface area contributed by atoms with Crippen LogP contribution in [0, 0.1) is 55.4 Å². The summed E-state index contributed by atoms with van der Waals surface area (Å²) in [5.41, 5.74) is 11.0. The molecule has 0 atom stereocenters. The standard InChI is InChI=1S/2C13H13Si.C12H10Si.4C11H11.2ClH.2Zr/c2*1-14(12-8-4-2-5-9-12)13-10-6-3-7-11-13;1-3-7-11(8-4-1)13-12-9-5-2-6-10-12;4*1-8-6-7-9(2)11-5-3-4-10(8)11;;;;/h2*2-11H,1H3;1-10H;4*3-7H,1-2H3;2*1H;;/q;;;4*-1;;;+2;+4/p-2. The smallest absolute Gasteiger partial charge is 1.00 e. The largest absolute Gasteiger partial charge is 4.00 e. The zero-order valence-electron chi connectivity index (χ0n) is 53.1. The molecule has 14 aromatic rings. The third-order valence-electron chi connectivity index (χ3n) is 15.7. The van der Waals surface area contributed by atoms with Crippen molar-refractivity contribution in [3.05, 3.63) is 348 Å². The number of hydrogen-bond acceptors (Lipinski definition) is 0. The van der Waals surface area contributed by atoms with Crippen molar-refractivity contribution < 1.29 is 77.2 Å². The van der Waals surface area contributed by atoms with E-state index in [9.17, 15) is 0 Å². The summed E-state index contributed by atoms with van der Waals surface area (Å²) in [4.78, 5) is 0. The Hall–Kier alpha value is -6.36. The minimum Gasteiger partial charge on any atom is -1.00 e. The summed E-state index contributed by atoms with van der Waals surface area (Å²) >= 11 is 0. The number of aryl methyl sites for hydroxylation is 8. The predicted octanol–water partition coefficient (Wildman–Crippen LogP) is 11.9. The first-order chi connectivity index (χ1) is 41.4. The molecule has 0 saturated heterocycles. The maximum Gasteiger partial charge on any atom is 4.00 e. The Morgan fingerprint density at radius 1 is 0.247 bits per heavy atom. The van der Waals surface area contributed by atoms with Crippen LogP contribution in [0.1, 0.15) is 44.5 Å².